The fourth-order valence-electron chi connectivity index (χ4n) is 1.03. The Hall–Kier alpha value is -1.16. The van der Waals surface area contributed by atoms with Gasteiger partial charge in [-0.3, -0.25) is 0 Å². The summed E-state index contributed by atoms with van der Waals surface area (Å²) in [7, 11) is 3.90. The van der Waals surface area contributed by atoms with E-state index in [0.717, 1.165) is 18.7 Å². The molecule has 0 spiro atoms. The summed E-state index contributed by atoms with van der Waals surface area (Å²) in [5, 5.41) is 3.00. The molecule has 0 atom stereocenters. The summed E-state index contributed by atoms with van der Waals surface area (Å²) in [6.07, 6.45) is 0. The van der Waals surface area contributed by atoms with Crippen molar-refractivity contribution in [3.63, 3.8) is 0 Å². The molecule has 0 unspecified atom stereocenters. The molecule has 0 aliphatic heterocycles. The van der Waals surface area contributed by atoms with Gasteiger partial charge >= 0.3 is 0 Å². The van der Waals surface area contributed by atoms with Crippen LogP contribution in [0.3, 0.4) is 0 Å². The van der Waals surface area contributed by atoms with E-state index in [2.05, 4.69) is 5.32 Å². The van der Waals surface area contributed by atoms with Crippen molar-refractivity contribution in [2.24, 2.45) is 0 Å². The molecule has 0 saturated heterocycles. The van der Waals surface area contributed by atoms with Crippen LogP contribution in [0.15, 0.2) is 18.2 Å². The largest absolute Gasteiger partial charge is 0.384 e. The third-order valence-corrected chi connectivity index (χ3v) is 1.81. The van der Waals surface area contributed by atoms with E-state index in [0.29, 0.717) is 12.2 Å². The summed E-state index contributed by atoms with van der Waals surface area (Å²) in [5.74, 6) is -1.64. The summed E-state index contributed by atoms with van der Waals surface area (Å²) in [6, 6.07) is 3.80. The van der Waals surface area contributed by atoms with Gasteiger partial charge in [0.1, 0.15) is 0 Å². The molecule has 1 N–H and O–H groups in total. The first-order valence-corrected chi connectivity index (χ1v) is 4.43. The quantitative estimate of drug-likeness (QED) is 0.799. The molecule has 0 saturated carbocycles. The summed E-state index contributed by atoms with van der Waals surface area (Å²) < 4.78 is 25.3. The fraction of sp³-hybridized carbons (Fsp3) is 0.400. The van der Waals surface area contributed by atoms with Crippen LogP contribution in [0.4, 0.5) is 14.5 Å². The van der Waals surface area contributed by atoms with Gasteiger partial charge in [-0.15, -0.1) is 0 Å². The van der Waals surface area contributed by atoms with E-state index < -0.39 is 11.6 Å². The zero-order valence-electron chi connectivity index (χ0n) is 8.35. The molecule has 0 heterocycles. The van der Waals surface area contributed by atoms with Gasteiger partial charge in [-0.25, -0.2) is 8.78 Å². The average Bonchev–Trinajstić information content (AvgIpc) is 2.10. The Morgan fingerprint density at radius 2 is 1.93 bits per heavy atom. The molecule has 4 heteroatoms. The molecular formula is C10H14F2N2. The highest BCUT2D eigenvalue weighted by molar-refractivity contribution is 5.43. The van der Waals surface area contributed by atoms with E-state index >= 15 is 0 Å². The normalized spacial score (nSPS) is 10.6. The van der Waals surface area contributed by atoms with Crippen molar-refractivity contribution in [3.05, 3.63) is 29.8 Å². The van der Waals surface area contributed by atoms with Gasteiger partial charge in [-0.2, -0.15) is 0 Å². The molecule has 14 heavy (non-hydrogen) atoms. The van der Waals surface area contributed by atoms with Crippen LogP contribution < -0.4 is 5.32 Å². The number of hydrogen-bond donors (Lipinski definition) is 1. The highest BCUT2D eigenvalue weighted by Gasteiger charge is 2.01. The second-order valence-electron chi connectivity index (χ2n) is 3.36. The number of benzene rings is 1. The van der Waals surface area contributed by atoms with Gasteiger partial charge in [-0.05, 0) is 32.3 Å². The Morgan fingerprint density at radius 1 is 1.21 bits per heavy atom. The molecule has 0 fully saturated rings. The molecule has 2 nitrogen and oxygen atoms in total. The Bertz CT molecular complexity index is 300. The van der Waals surface area contributed by atoms with Gasteiger partial charge in [0.25, 0.3) is 0 Å². The monoisotopic (exact) mass is 200 g/mol. The summed E-state index contributed by atoms with van der Waals surface area (Å²) in [4.78, 5) is 2.01. The highest BCUT2D eigenvalue weighted by atomic mass is 19.2. The molecule has 0 aliphatic rings. The maximum Gasteiger partial charge on any atom is 0.160 e. The molecule has 1 aromatic carbocycles. The number of likely N-dealkylation sites (N-methyl/N-ethyl adjacent to an activating group) is 1. The zero-order valence-corrected chi connectivity index (χ0v) is 8.35. The van der Waals surface area contributed by atoms with E-state index in [9.17, 15) is 8.78 Å². The first-order chi connectivity index (χ1) is 6.59. The fourth-order valence-corrected chi connectivity index (χ4v) is 1.03. The first kappa shape index (κ1) is 10.9. The minimum atomic E-state index is -0.820. The van der Waals surface area contributed by atoms with Gasteiger partial charge < -0.3 is 10.2 Å². The zero-order chi connectivity index (χ0) is 10.6. The minimum absolute atomic E-state index is 0.603. The second-order valence-corrected chi connectivity index (χ2v) is 3.36. The van der Waals surface area contributed by atoms with Crippen LogP contribution in [0.5, 0.6) is 0 Å². The Balaban J connectivity index is 2.47. The van der Waals surface area contributed by atoms with Gasteiger partial charge in [0, 0.05) is 18.8 Å². The Kier molecular flexibility index (Phi) is 3.83. The second kappa shape index (κ2) is 4.91. The molecule has 0 amide bonds. The number of hydrogen-bond acceptors (Lipinski definition) is 2. The van der Waals surface area contributed by atoms with Crippen LogP contribution in [0.25, 0.3) is 0 Å². The maximum absolute atomic E-state index is 12.7. The number of nitrogens with one attached hydrogen (secondary N) is 1. The molecule has 1 aromatic rings. The van der Waals surface area contributed by atoms with Gasteiger partial charge in [0.2, 0.25) is 0 Å². The summed E-state index contributed by atoms with van der Waals surface area (Å²) >= 11 is 0. The molecule has 78 valence electrons. The van der Waals surface area contributed by atoms with Crippen LogP contribution in [-0.4, -0.2) is 32.1 Å². The van der Waals surface area contributed by atoms with Crippen molar-refractivity contribution in [1.82, 2.24) is 4.90 Å². The van der Waals surface area contributed by atoms with Crippen LogP contribution >= 0.6 is 0 Å². The van der Waals surface area contributed by atoms with Crippen LogP contribution in [0.1, 0.15) is 0 Å². The third kappa shape index (κ3) is 3.30. The third-order valence-electron chi connectivity index (χ3n) is 1.81. The first-order valence-electron chi connectivity index (χ1n) is 4.43. The van der Waals surface area contributed by atoms with Gasteiger partial charge in [0.15, 0.2) is 11.6 Å². The van der Waals surface area contributed by atoms with E-state index in [1.54, 1.807) is 0 Å². The van der Waals surface area contributed by atoms with E-state index in [1.165, 1.54) is 6.07 Å². The van der Waals surface area contributed by atoms with Crippen LogP contribution in [0, 0.1) is 11.6 Å². The molecular weight excluding hydrogens is 186 g/mol. The van der Waals surface area contributed by atoms with Crippen molar-refractivity contribution in [2.75, 3.05) is 32.5 Å². The van der Waals surface area contributed by atoms with Crippen molar-refractivity contribution in [1.29, 1.82) is 0 Å². The maximum atomic E-state index is 12.7. The molecule has 0 radical (unpaired) electrons. The van der Waals surface area contributed by atoms with Gasteiger partial charge in [-0.1, -0.05) is 0 Å². The van der Waals surface area contributed by atoms with Crippen molar-refractivity contribution < 1.29 is 8.78 Å². The lowest BCUT2D eigenvalue weighted by molar-refractivity contribution is 0.425. The number of nitrogens with zero attached hydrogens (tertiary/aromatic N) is 1. The highest BCUT2D eigenvalue weighted by Crippen LogP contribution is 2.12. The SMILES string of the molecule is CN(C)CCNc1ccc(F)c(F)c1. The molecule has 0 aliphatic carbocycles. The summed E-state index contributed by atoms with van der Waals surface area (Å²) in [5.41, 5.74) is 0.603. The number of rotatable bonds is 4. The van der Waals surface area contributed by atoms with Crippen molar-refractivity contribution in [3.8, 4) is 0 Å². The predicted octanol–water partition coefficient (Wildman–Crippen LogP) is 1.94. The average molecular weight is 200 g/mol. The Labute approximate surface area is 82.5 Å². The lowest BCUT2D eigenvalue weighted by Gasteiger charge is -2.11. The number of halogens is 2. The minimum Gasteiger partial charge on any atom is -0.384 e. The lowest BCUT2D eigenvalue weighted by Crippen LogP contribution is -2.20. The standard InChI is InChI=1S/C10H14F2N2/c1-14(2)6-5-13-8-3-4-9(11)10(12)7-8/h3-4,7,13H,5-6H2,1-2H3. The smallest absolute Gasteiger partial charge is 0.160 e. The summed E-state index contributed by atoms with van der Waals surface area (Å²) in [6.45, 7) is 1.55. The van der Waals surface area contributed by atoms with Crippen LogP contribution in [-0.2, 0) is 0 Å². The predicted molar refractivity (Wildman–Crippen MR) is 53.4 cm³/mol. The van der Waals surface area contributed by atoms with E-state index in [4.69, 9.17) is 0 Å². The molecule has 0 aromatic heterocycles. The van der Waals surface area contributed by atoms with Gasteiger partial charge in [0.05, 0.1) is 0 Å². The Morgan fingerprint density at radius 3 is 2.50 bits per heavy atom. The molecule has 0 bridgehead atoms. The topological polar surface area (TPSA) is 15.3 Å². The van der Waals surface area contributed by atoms with Crippen LogP contribution in [0.2, 0.25) is 0 Å². The van der Waals surface area contributed by atoms with E-state index in [1.807, 2.05) is 19.0 Å². The lowest BCUT2D eigenvalue weighted by atomic mass is 10.3. The number of anilines is 1. The van der Waals surface area contributed by atoms with Crippen molar-refractivity contribution >= 4 is 5.69 Å². The molecule has 1 rings (SSSR count). The van der Waals surface area contributed by atoms with E-state index in [-0.39, 0.29) is 0 Å². The van der Waals surface area contributed by atoms with Crippen molar-refractivity contribution in [2.45, 2.75) is 0 Å².